The van der Waals surface area contributed by atoms with Gasteiger partial charge in [-0.15, -0.1) is 0 Å². The van der Waals surface area contributed by atoms with Crippen molar-refractivity contribution in [1.82, 2.24) is 25.3 Å². The van der Waals surface area contributed by atoms with E-state index in [4.69, 9.17) is 5.73 Å². The molecule has 0 aliphatic rings. The number of nitrogens with zero attached hydrogens (tertiary/aromatic N) is 3. The van der Waals surface area contributed by atoms with Gasteiger partial charge in [0.05, 0.1) is 11.4 Å². The lowest BCUT2D eigenvalue weighted by Crippen LogP contribution is -2.26. The average molecular weight is 276 g/mol. The van der Waals surface area contributed by atoms with E-state index in [9.17, 15) is 4.79 Å². The quantitative estimate of drug-likeness (QED) is 0.688. The van der Waals surface area contributed by atoms with Crippen molar-refractivity contribution in [3.63, 3.8) is 0 Å². The number of nitrogen functional groups attached to an aromatic ring is 1. The Morgan fingerprint density at radius 3 is 2.95 bits per heavy atom. The second kappa shape index (κ2) is 6.23. The third-order valence-electron chi connectivity index (χ3n) is 3.03. The number of anilines is 1. The minimum atomic E-state index is -0.244. The molecule has 7 nitrogen and oxygen atoms in total. The Hall–Kier alpha value is -2.31. The summed E-state index contributed by atoms with van der Waals surface area (Å²) in [4.78, 5) is 12.0. The van der Waals surface area contributed by atoms with Crippen LogP contribution < -0.4 is 11.1 Å². The predicted molar refractivity (Wildman–Crippen MR) is 76.3 cm³/mol. The van der Waals surface area contributed by atoms with Gasteiger partial charge in [-0.1, -0.05) is 13.8 Å². The highest BCUT2D eigenvalue weighted by Gasteiger charge is 2.18. The average Bonchev–Trinajstić information content (AvgIpc) is 3.03. The normalized spacial score (nSPS) is 10.9. The van der Waals surface area contributed by atoms with Crippen LogP contribution in [-0.2, 0) is 6.54 Å². The fraction of sp³-hybridized carbons (Fsp3) is 0.462. The molecule has 2 aromatic heterocycles. The van der Waals surface area contributed by atoms with Crippen LogP contribution in [0.15, 0.2) is 18.5 Å². The summed E-state index contributed by atoms with van der Waals surface area (Å²) in [5.41, 5.74) is 7.42. The third-order valence-corrected chi connectivity index (χ3v) is 3.03. The molecule has 0 aromatic carbocycles. The number of carbonyl (C=O) groups is 1. The van der Waals surface area contributed by atoms with Gasteiger partial charge in [-0.05, 0) is 18.4 Å². The van der Waals surface area contributed by atoms with Gasteiger partial charge in [-0.3, -0.25) is 14.6 Å². The lowest BCUT2D eigenvalue weighted by molar-refractivity contribution is 0.0948. The van der Waals surface area contributed by atoms with Crippen LogP contribution in [0.3, 0.4) is 0 Å². The largest absolute Gasteiger partial charge is 0.395 e. The molecule has 2 heterocycles. The van der Waals surface area contributed by atoms with E-state index in [1.165, 1.54) is 0 Å². The second-order valence-electron chi connectivity index (χ2n) is 4.93. The van der Waals surface area contributed by atoms with E-state index >= 15 is 0 Å². The Labute approximate surface area is 117 Å². The third kappa shape index (κ3) is 3.17. The van der Waals surface area contributed by atoms with Crippen molar-refractivity contribution in [3.8, 4) is 0 Å². The Morgan fingerprint density at radius 2 is 2.35 bits per heavy atom. The van der Waals surface area contributed by atoms with E-state index < -0.39 is 0 Å². The number of H-pyrrole nitrogens is 1. The number of aromatic amines is 1. The molecule has 0 aliphatic heterocycles. The van der Waals surface area contributed by atoms with Gasteiger partial charge in [0, 0.05) is 25.5 Å². The first kappa shape index (κ1) is 14.1. The van der Waals surface area contributed by atoms with Crippen LogP contribution in [0.25, 0.3) is 0 Å². The topological polar surface area (TPSA) is 102 Å². The van der Waals surface area contributed by atoms with Gasteiger partial charge in [-0.2, -0.15) is 10.2 Å². The summed E-state index contributed by atoms with van der Waals surface area (Å²) in [5.74, 6) is -0.0324. The molecule has 0 saturated heterocycles. The van der Waals surface area contributed by atoms with E-state index in [0.717, 1.165) is 18.7 Å². The van der Waals surface area contributed by atoms with Crippen molar-refractivity contribution >= 4 is 11.6 Å². The lowest BCUT2D eigenvalue weighted by atomic mass is 10.1. The molecule has 0 aliphatic carbocycles. The number of aromatic nitrogens is 4. The number of rotatable bonds is 6. The Balaban J connectivity index is 1.83. The van der Waals surface area contributed by atoms with E-state index in [1.54, 1.807) is 6.20 Å². The van der Waals surface area contributed by atoms with Crippen LogP contribution in [-0.4, -0.2) is 32.4 Å². The summed E-state index contributed by atoms with van der Waals surface area (Å²) in [6, 6.07) is 1.87. The second-order valence-corrected chi connectivity index (χ2v) is 4.93. The number of nitrogens with two attached hydrogens (primary N) is 1. The van der Waals surface area contributed by atoms with E-state index in [2.05, 4.69) is 20.6 Å². The Kier molecular flexibility index (Phi) is 4.39. The number of carbonyl (C=O) groups excluding carboxylic acids is 1. The molecule has 20 heavy (non-hydrogen) atoms. The molecule has 0 spiro atoms. The van der Waals surface area contributed by atoms with Crippen LogP contribution >= 0.6 is 0 Å². The summed E-state index contributed by atoms with van der Waals surface area (Å²) in [6.07, 6.45) is 4.42. The van der Waals surface area contributed by atoms with Crippen molar-refractivity contribution in [3.05, 3.63) is 29.8 Å². The molecule has 2 aromatic rings. The standard InChI is InChI=1S/C13H20N6O/c1-9(2)11-10(14)12(18-17-11)13(20)15-5-3-7-19-8-4-6-16-19/h4,6,8-9H,3,5,7,14H2,1-2H3,(H,15,20)(H,17,18). The Morgan fingerprint density at radius 1 is 1.55 bits per heavy atom. The molecular weight excluding hydrogens is 256 g/mol. The van der Waals surface area contributed by atoms with Crippen molar-refractivity contribution in [2.75, 3.05) is 12.3 Å². The maximum absolute atomic E-state index is 12.0. The minimum absolute atomic E-state index is 0.212. The minimum Gasteiger partial charge on any atom is -0.395 e. The number of aryl methyl sites for hydroxylation is 1. The van der Waals surface area contributed by atoms with Gasteiger partial charge < -0.3 is 11.1 Å². The summed E-state index contributed by atoms with van der Waals surface area (Å²) in [7, 11) is 0. The molecule has 108 valence electrons. The molecule has 0 atom stereocenters. The highest BCUT2D eigenvalue weighted by atomic mass is 16.1. The molecule has 1 amide bonds. The lowest BCUT2D eigenvalue weighted by Gasteiger charge is -2.05. The Bertz CT molecular complexity index is 557. The monoisotopic (exact) mass is 276 g/mol. The summed E-state index contributed by atoms with van der Waals surface area (Å²) < 4.78 is 1.83. The molecule has 0 bridgehead atoms. The predicted octanol–water partition coefficient (Wildman–Crippen LogP) is 1.13. The van der Waals surface area contributed by atoms with Gasteiger partial charge in [-0.25, -0.2) is 0 Å². The highest BCUT2D eigenvalue weighted by molar-refractivity contribution is 5.97. The number of nitrogens with one attached hydrogen (secondary N) is 2. The zero-order chi connectivity index (χ0) is 14.5. The molecule has 4 N–H and O–H groups in total. The van der Waals surface area contributed by atoms with Crippen LogP contribution in [0.4, 0.5) is 5.69 Å². The highest BCUT2D eigenvalue weighted by Crippen LogP contribution is 2.21. The van der Waals surface area contributed by atoms with Crippen molar-refractivity contribution in [2.45, 2.75) is 32.7 Å². The number of hydrogen-bond donors (Lipinski definition) is 3. The van der Waals surface area contributed by atoms with Crippen LogP contribution in [0.2, 0.25) is 0 Å². The fourth-order valence-corrected chi connectivity index (χ4v) is 1.94. The molecule has 7 heteroatoms. The number of hydrogen-bond acceptors (Lipinski definition) is 4. The van der Waals surface area contributed by atoms with Crippen molar-refractivity contribution < 1.29 is 4.79 Å². The van der Waals surface area contributed by atoms with Gasteiger partial charge in [0.2, 0.25) is 0 Å². The van der Waals surface area contributed by atoms with Crippen LogP contribution in [0.5, 0.6) is 0 Å². The smallest absolute Gasteiger partial charge is 0.273 e. The molecular formula is C13H20N6O. The first-order chi connectivity index (χ1) is 9.59. The molecule has 0 unspecified atom stereocenters. The van der Waals surface area contributed by atoms with Gasteiger partial charge in [0.15, 0.2) is 5.69 Å². The summed E-state index contributed by atoms with van der Waals surface area (Å²) in [5, 5.41) is 13.7. The van der Waals surface area contributed by atoms with Crippen molar-refractivity contribution in [2.24, 2.45) is 0 Å². The van der Waals surface area contributed by atoms with E-state index in [-0.39, 0.29) is 17.5 Å². The first-order valence-corrected chi connectivity index (χ1v) is 6.69. The van der Waals surface area contributed by atoms with Crippen LogP contribution in [0.1, 0.15) is 42.4 Å². The van der Waals surface area contributed by atoms with Crippen LogP contribution in [0, 0.1) is 0 Å². The molecule has 0 saturated carbocycles. The summed E-state index contributed by atoms with van der Waals surface area (Å²) in [6.45, 7) is 5.31. The number of amides is 1. The first-order valence-electron chi connectivity index (χ1n) is 6.69. The molecule has 2 rings (SSSR count). The van der Waals surface area contributed by atoms with E-state index in [0.29, 0.717) is 12.2 Å². The van der Waals surface area contributed by atoms with E-state index in [1.807, 2.05) is 30.8 Å². The van der Waals surface area contributed by atoms with Crippen molar-refractivity contribution in [1.29, 1.82) is 0 Å². The zero-order valence-corrected chi connectivity index (χ0v) is 11.8. The van der Waals surface area contributed by atoms with Gasteiger partial charge in [0.1, 0.15) is 0 Å². The van der Waals surface area contributed by atoms with Gasteiger partial charge >= 0.3 is 0 Å². The maximum Gasteiger partial charge on any atom is 0.273 e. The summed E-state index contributed by atoms with van der Waals surface area (Å²) >= 11 is 0. The maximum atomic E-state index is 12.0. The molecule has 0 fully saturated rings. The van der Waals surface area contributed by atoms with Gasteiger partial charge in [0.25, 0.3) is 5.91 Å². The SMILES string of the molecule is CC(C)c1[nH]nc(C(=O)NCCCn2cccn2)c1N. The fourth-order valence-electron chi connectivity index (χ4n) is 1.94. The molecule has 0 radical (unpaired) electrons. The zero-order valence-electron chi connectivity index (χ0n) is 11.8.